The van der Waals surface area contributed by atoms with E-state index in [1.807, 2.05) is 0 Å². The van der Waals surface area contributed by atoms with E-state index in [9.17, 15) is 9.18 Å². The standard InChI is InChI=1S/C12H11FN2O2/c1-7-10(8-3-5-9(13)6-4-8)11(12(16)17)14-15(7)2/h3-6H,1-2H3,(H,16,17). The first kappa shape index (κ1) is 11.3. The molecule has 1 aromatic carbocycles. The third-order valence-corrected chi connectivity index (χ3v) is 2.67. The Morgan fingerprint density at radius 2 is 1.94 bits per heavy atom. The van der Waals surface area contributed by atoms with Crippen molar-refractivity contribution in [2.75, 3.05) is 0 Å². The molecule has 0 unspecified atom stereocenters. The van der Waals surface area contributed by atoms with E-state index in [0.717, 1.165) is 5.69 Å². The molecular formula is C12H11FN2O2. The Hall–Kier alpha value is -2.17. The summed E-state index contributed by atoms with van der Waals surface area (Å²) < 4.78 is 14.3. The maximum atomic E-state index is 12.8. The van der Waals surface area contributed by atoms with Gasteiger partial charge in [0.1, 0.15) is 5.82 Å². The summed E-state index contributed by atoms with van der Waals surface area (Å²) in [6.07, 6.45) is 0. The number of benzene rings is 1. The second-order valence-electron chi connectivity index (χ2n) is 3.74. The number of hydrogen-bond acceptors (Lipinski definition) is 2. The lowest BCUT2D eigenvalue weighted by Crippen LogP contribution is -2.00. The average Bonchev–Trinajstić information content (AvgIpc) is 2.57. The lowest BCUT2D eigenvalue weighted by Gasteiger charge is -2.02. The van der Waals surface area contributed by atoms with Crippen LogP contribution < -0.4 is 0 Å². The smallest absolute Gasteiger partial charge is 0.357 e. The van der Waals surface area contributed by atoms with E-state index in [1.165, 1.54) is 16.8 Å². The number of carbonyl (C=O) groups is 1. The molecule has 0 saturated carbocycles. The molecular weight excluding hydrogens is 223 g/mol. The summed E-state index contributed by atoms with van der Waals surface area (Å²) in [6, 6.07) is 5.69. The van der Waals surface area contributed by atoms with Crippen LogP contribution in [0.5, 0.6) is 0 Å². The molecule has 0 bridgehead atoms. The monoisotopic (exact) mass is 234 g/mol. The SMILES string of the molecule is Cc1c(-c2ccc(F)cc2)c(C(=O)O)nn1C. The number of halogens is 1. The Kier molecular flexibility index (Phi) is 2.67. The Balaban J connectivity index is 2.65. The normalized spacial score (nSPS) is 10.5. The van der Waals surface area contributed by atoms with Gasteiger partial charge in [0.15, 0.2) is 5.69 Å². The second-order valence-corrected chi connectivity index (χ2v) is 3.74. The number of aryl methyl sites for hydroxylation is 1. The number of aromatic nitrogens is 2. The first-order chi connectivity index (χ1) is 8.00. The average molecular weight is 234 g/mol. The number of hydrogen-bond donors (Lipinski definition) is 1. The summed E-state index contributed by atoms with van der Waals surface area (Å²) >= 11 is 0. The van der Waals surface area contributed by atoms with Gasteiger partial charge in [-0.2, -0.15) is 5.10 Å². The molecule has 1 aromatic heterocycles. The van der Waals surface area contributed by atoms with Gasteiger partial charge in [-0.3, -0.25) is 4.68 Å². The lowest BCUT2D eigenvalue weighted by atomic mass is 10.0. The summed E-state index contributed by atoms with van der Waals surface area (Å²) in [5, 5.41) is 13.0. The van der Waals surface area contributed by atoms with Crippen LogP contribution in [0.4, 0.5) is 4.39 Å². The van der Waals surface area contributed by atoms with E-state index in [0.29, 0.717) is 11.1 Å². The number of rotatable bonds is 2. The minimum atomic E-state index is -1.09. The fraction of sp³-hybridized carbons (Fsp3) is 0.167. The predicted molar refractivity (Wildman–Crippen MR) is 60.3 cm³/mol. The number of carboxylic acid groups (broad SMARTS) is 1. The molecule has 0 radical (unpaired) electrons. The molecule has 0 atom stereocenters. The Bertz CT molecular complexity index is 573. The van der Waals surface area contributed by atoms with Gasteiger partial charge < -0.3 is 5.11 Å². The fourth-order valence-corrected chi connectivity index (χ4v) is 1.72. The largest absolute Gasteiger partial charge is 0.476 e. The molecule has 1 heterocycles. The highest BCUT2D eigenvalue weighted by atomic mass is 19.1. The Labute approximate surface area is 97.3 Å². The lowest BCUT2D eigenvalue weighted by molar-refractivity contribution is 0.0690. The van der Waals surface area contributed by atoms with Gasteiger partial charge in [-0.15, -0.1) is 0 Å². The van der Waals surface area contributed by atoms with Crippen LogP contribution in [-0.4, -0.2) is 20.9 Å². The number of carboxylic acids is 1. The summed E-state index contributed by atoms with van der Waals surface area (Å²) in [7, 11) is 1.68. The molecule has 2 rings (SSSR count). The zero-order valence-electron chi connectivity index (χ0n) is 9.44. The van der Waals surface area contributed by atoms with Gasteiger partial charge in [-0.25, -0.2) is 9.18 Å². The topological polar surface area (TPSA) is 55.1 Å². The van der Waals surface area contributed by atoms with Crippen LogP contribution in [0, 0.1) is 12.7 Å². The molecule has 0 saturated heterocycles. The molecule has 0 aliphatic rings. The highest BCUT2D eigenvalue weighted by molar-refractivity contribution is 5.94. The van der Waals surface area contributed by atoms with Crippen molar-refractivity contribution in [1.82, 2.24) is 9.78 Å². The predicted octanol–water partition coefficient (Wildman–Crippen LogP) is 2.23. The van der Waals surface area contributed by atoms with E-state index in [-0.39, 0.29) is 11.5 Å². The van der Waals surface area contributed by atoms with Gasteiger partial charge in [0, 0.05) is 18.3 Å². The quantitative estimate of drug-likeness (QED) is 0.866. The number of aromatic carboxylic acids is 1. The third-order valence-electron chi connectivity index (χ3n) is 2.67. The summed E-state index contributed by atoms with van der Waals surface area (Å²) in [5.74, 6) is -1.44. The van der Waals surface area contributed by atoms with Gasteiger partial charge in [0.05, 0.1) is 0 Å². The molecule has 0 aliphatic carbocycles. The zero-order valence-corrected chi connectivity index (χ0v) is 9.44. The summed E-state index contributed by atoms with van der Waals surface area (Å²) in [4.78, 5) is 11.1. The van der Waals surface area contributed by atoms with Crippen LogP contribution in [0.2, 0.25) is 0 Å². The highest BCUT2D eigenvalue weighted by Gasteiger charge is 2.19. The van der Waals surface area contributed by atoms with Crippen LogP contribution in [0.15, 0.2) is 24.3 Å². The molecule has 88 valence electrons. The minimum absolute atomic E-state index is 0.0170. The van der Waals surface area contributed by atoms with E-state index in [4.69, 9.17) is 5.11 Å². The molecule has 5 heteroatoms. The van der Waals surface area contributed by atoms with Gasteiger partial charge in [0.25, 0.3) is 0 Å². The van der Waals surface area contributed by atoms with E-state index >= 15 is 0 Å². The number of nitrogens with zero attached hydrogens (tertiary/aromatic N) is 2. The maximum absolute atomic E-state index is 12.8. The third kappa shape index (κ3) is 1.91. The van der Waals surface area contributed by atoms with E-state index in [1.54, 1.807) is 26.1 Å². The molecule has 0 amide bonds. The molecule has 1 N–H and O–H groups in total. The second kappa shape index (κ2) is 4.01. The van der Waals surface area contributed by atoms with Crippen molar-refractivity contribution in [2.45, 2.75) is 6.92 Å². The molecule has 2 aromatic rings. The summed E-state index contributed by atoms with van der Waals surface area (Å²) in [6.45, 7) is 1.78. The Morgan fingerprint density at radius 1 is 1.35 bits per heavy atom. The van der Waals surface area contributed by atoms with Crippen molar-refractivity contribution >= 4 is 5.97 Å². The van der Waals surface area contributed by atoms with E-state index < -0.39 is 5.97 Å². The van der Waals surface area contributed by atoms with Crippen molar-refractivity contribution in [3.8, 4) is 11.1 Å². The summed E-state index contributed by atoms with van der Waals surface area (Å²) in [5.41, 5.74) is 1.89. The van der Waals surface area contributed by atoms with E-state index in [2.05, 4.69) is 5.10 Å². The molecule has 0 aliphatic heterocycles. The van der Waals surface area contributed by atoms with Crippen LogP contribution in [-0.2, 0) is 7.05 Å². The van der Waals surface area contributed by atoms with Gasteiger partial charge >= 0.3 is 5.97 Å². The maximum Gasteiger partial charge on any atom is 0.357 e. The van der Waals surface area contributed by atoms with Gasteiger partial charge in [-0.1, -0.05) is 12.1 Å². The van der Waals surface area contributed by atoms with Crippen molar-refractivity contribution in [3.05, 3.63) is 41.5 Å². The van der Waals surface area contributed by atoms with Gasteiger partial charge in [0.2, 0.25) is 0 Å². The van der Waals surface area contributed by atoms with Crippen LogP contribution in [0.3, 0.4) is 0 Å². The van der Waals surface area contributed by atoms with Gasteiger partial charge in [-0.05, 0) is 24.6 Å². The first-order valence-electron chi connectivity index (χ1n) is 5.03. The minimum Gasteiger partial charge on any atom is -0.476 e. The fourth-order valence-electron chi connectivity index (χ4n) is 1.72. The highest BCUT2D eigenvalue weighted by Crippen LogP contribution is 2.27. The van der Waals surface area contributed by atoms with Crippen molar-refractivity contribution in [3.63, 3.8) is 0 Å². The van der Waals surface area contributed by atoms with Crippen molar-refractivity contribution in [1.29, 1.82) is 0 Å². The van der Waals surface area contributed by atoms with Crippen LogP contribution >= 0.6 is 0 Å². The molecule has 17 heavy (non-hydrogen) atoms. The van der Waals surface area contributed by atoms with Crippen molar-refractivity contribution < 1.29 is 14.3 Å². The Morgan fingerprint density at radius 3 is 2.47 bits per heavy atom. The van der Waals surface area contributed by atoms with Crippen LogP contribution in [0.1, 0.15) is 16.2 Å². The first-order valence-corrected chi connectivity index (χ1v) is 5.03. The van der Waals surface area contributed by atoms with Crippen LogP contribution in [0.25, 0.3) is 11.1 Å². The zero-order chi connectivity index (χ0) is 12.6. The molecule has 0 spiro atoms. The molecule has 4 nitrogen and oxygen atoms in total. The molecule has 0 fully saturated rings. The van der Waals surface area contributed by atoms with Crippen molar-refractivity contribution in [2.24, 2.45) is 7.05 Å².